The highest BCUT2D eigenvalue weighted by atomic mass is 35.5. The van der Waals surface area contributed by atoms with E-state index in [1.807, 2.05) is 42.5 Å². The Labute approximate surface area is 164 Å². The smallest absolute Gasteiger partial charge is 0.262 e. The van der Waals surface area contributed by atoms with Crippen LogP contribution in [0.4, 0.5) is 0 Å². The van der Waals surface area contributed by atoms with Crippen molar-refractivity contribution in [2.75, 3.05) is 6.54 Å². The van der Waals surface area contributed by atoms with Gasteiger partial charge in [0, 0.05) is 11.6 Å². The zero-order valence-corrected chi connectivity index (χ0v) is 15.8. The molecule has 1 unspecified atom stereocenters. The summed E-state index contributed by atoms with van der Waals surface area (Å²) in [7, 11) is 0. The lowest BCUT2D eigenvalue weighted by atomic mass is 9.83. The number of aliphatic imine (C=N–C) groups is 1. The van der Waals surface area contributed by atoms with E-state index in [1.54, 1.807) is 4.90 Å². The second-order valence-corrected chi connectivity index (χ2v) is 8.40. The molecule has 5 heteroatoms. The summed E-state index contributed by atoms with van der Waals surface area (Å²) < 4.78 is 0. The first-order valence-electron chi connectivity index (χ1n) is 9.62. The summed E-state index contributed by atoms with van der Waals surface area (Å²) in [5.41, 5.74) is 8.39. The predicted octanol–water partition coefficient (Wildman–Crippen LogP) is 4.18. The van der Waals surface area contributed by atoms with Crippen molar-refractivity contribution in [2.24, 2.45) is 22.6 Å². The molecule has 1 heterocycles. The molecular formula is C22H22ClN3O. The average Bonchev–Trinajstić information content (AvgIpc) is 3.58. The summed E-state index contributed by atoms with van der Waals surface area (Å²) in [6.07, 6.45) is 4.39. The van der Waals surface area contributed by atoms with E-state index in [1.165, 1.54) is 12.8 Å². The Kier molecular flexibility index (Phi) is 3.80. The standard InChI is InChI=1S/C22H22ClN3O/c23-19-6-2-4-16(12-19)15-3-1-5-18(11-15)22(17-9-10-17)20(27)26(21(24)25-22)13-14-7-8-14/h1-6,11-12,14,17H,7-10,13H2,(H2,24,25). The fourth-order valence-electron chi connectivity index (χ4n) is 4.13. The highest BCUT2D eigenvalue weighted by Gasteiger charge is 2.58. The van der Waals surface area contributed by atoms with E-state index in [0.29, 0.717) is 23.4 Å². The molecule has 0 bridgehead atoms. The number of carbonyl (C=O) groups is 1. The van der Waals surface area contributed by atoms with E-state index in [-0.39, 0.29) is 11.8 Å². The minimum absolute atomic E-state index is 0.0534. The number of guanidine groups is 1. The van der Waals surface area contributed by atoms with E-state index in [2.05, 4.69) is 6.07 Å². The highest BCUT2D eigenvalue weighted by molar-refractivity contribution is 6.30. The number of rotatable bonds is 5. The van der Waals surface area contributed by atoms with Crippen LogP contribution in [0.3, 0.4) is 0 Å². The monoisotopic (exact) mass is 379 g/mol. The van der Waals surface area contributed by atoms with Crippen LogP contribution in [0.25, 0.3) is 11.1 Å². The Balaban J connectivity index is 1.57. The van der Waals surface area contributed by atoms with Crippen molar-refractivity contribution < 1.29 is 4.79 Å². The molecule has 2 aromatic rings. The maximum absolute atomic E-state index is 13.5. The molecule has 0 saturated heterocycles. The number of carbonyl (C=O) groups excluding carboxylic acids is 1. The second-order valence-electron chi connectivity index (χ2n) is 7.96. The average molecular weight is 380 g/mol. The number of nitrogens with zero attached hydrogens (tertiary/aromatic N) is 2. The van der Waals surface area contributed by atoms with Gasteiger partial charge in [-0.3, -0.25) is 9.69 Å². The van der Waals surface area contributed by atoms with Crippen molar-refractivity contribution in [1.29, 1.82) is 0 Å². The molecule has 1 atom stereocenters. The molecule has 0 aromatic heterocycles. The van der Waals surface area contributed by atoms with Crippen LogP contribution in [0.2, 0.25) is 5.02 Å². The van der Waals surface area contributed by atoms with Crippen molar-refractivity contribution in [3.05, 3.63) is 59.1 Å². The molecule has 2 aliphatic carbocycles. The lowest BCUT2D eigenvalue weighted by molar-refractivity contribution is -0.132. The van der Waals surface area contributed by atoms with Crippen molar-refractivity contribution in [3.63, 3.8) is 0 Å². The topological polar surface area (TPSA) is 58.7 Å². The number of halogens is 1. The summed E-state index contributed by atoms with van der Waals surface area (Å²) in [5.74, 6) is 1.25. The maximum Gasteiger partial charge on any atom is 0.262 e. The first-order valence-corrected chi connectivity index (χ1v) is 9.99. The minimum Gasteiger partial charge on any atom is -0.369 e. The first-order chi connectivity index (χ1) is 13.1. The molecule has 1 aliphatic heterocycles. The van der Waals surface area contributed by atoms with Gasteiger partial charge in [-0.05, 0) is 72.4 Å². The zero-order valence-electron chi connectivity index (χ0n) is 15.1. The summed E-state index contributed by atoms with van der Waals surface area (Å²) in [6.45, 7) is 0.705. The Hall–Kier alpha value is -2.33. The summed E-state index contributed by atoms with van der Waals surface area (Å²) in [4.78, 5) is 20.0. The molecule has 2 aromatic carbocycles. The van der Waals surface area contributed by atoms with Crippen LogP contribution < -0.4 is 5.73 Å². The lowest BCUT2D eigenvalue weighted by Crippen LogP contribution is -2.45. The Morgan fingerprint density at radius 1 is 1.07 bits per heavy atom. The third-order valence-electron chi connectivity index (χ3n) is 5.91. The van der Waals surface area contributed by atoms with Crippen molar-refractivity contribution >= 4 is 23.5 Å². The van der Waals surface area contributed by atoms with Crippen LogP contribution in [0.5, 0.6) is 0 Å². The van der Waals surface area contributed by atoms with Gasteiger partial charge >= 0.3 is 0 Å². The zero-order chi connectivity index (χ0) is 18.6. The van der Waals surface area contributed by atoms with E-state index in [0.717, 1.165) is 29.5 Å². The van der Waals surface area contributed by atoms with Gasteiger partial charge < -0.3 is 5.73 Å². The van der Waals surface area contributed by atoms with E-state index in [9.17, 15) is 4.79 Å². The molecule has 4 nitrogen and oxygen atoms in total. The van der Waals surface area contributed by atoms with Gasteiger partial charge in [-0.2, -0.15) is 0 Å². The predicted molar refractivity (Wildman–Crippen MR) is 107 cm³/mol. The number of nitrogens with two attached hydrogens (primary N) is 1. The number of hydrogen-bond acceptors (Lipinski definition) is 3. The second kappa shape index (κ2) is 6.10. The number of benzene rings is 2. The molecule has 0 spiro atoms. The largest absolute Gasteiger partial charge is 0.369 e. The normalized spacial score (nSPS) is 25.0. The third-order valence-corrected chi connectivity index (χ3v) is 6.14. The Morgan fingerprint density at radius 2 is 1.78 bits per heavy atom. The minimum atomic E-state index is -0.854. The fourth-order valence-corrected chi connectivity index (χ4v) is 4.32. The van der Waals surface area contributed by atoms with E-state index < -0.39 is 5.54 Å². The first kappa shape index (κ1) is 16.8. The van der Waals surface area contributed by atoms with Crippen molar-refractivity contribution in [2.45, 2.75) is 31.2 Å². The lowest BCUT2D eigenvalue weighted by Gasteiger charge is -2.27. The van der Waals surface area contributed by atoms with Gasteiger partial charge in [-0.25, -0.2) is 4.99 Å². The molecule has 2 fully saturated rings. The third kappa shape index (κ3) is 2.83. The quantitative estimate of drug-likeness (QED) is 0.847. The maximum atomic E-state index is 13.5. The van der Waals surface area contributed by atoms with E-state index >= 15 is 0 Å². The van der Waals surface area contributed by atoms with Gasteiger partial charge in [0.15, 0.2) is 11.5 Å². The molecule has 2 saturated carbocycles. The Morgan fingerprint density at radius 3 is 2.44 bits per heavy atom. The van der Waals surface area contributed by atoms with Gasteiger partial charge in [0.05, 0.1) is 0 Å². The molecule has 3 aliphatic rings. The van der Waals surface area contributed by atoms with Gasteiger partial charge in [0.1, 0.15) is 0 Å². The molecule has 1 amide bonds. The summed E-state index contributed by atoms with van der Waals surface area (Å²) >= 11 is 6.17. The van der Waals surface area contributed by atoms with Crippen LogP contribution in [-0.4, -0.2) is 23.3 Å². The highest BCUT2D eigenvalue weighted by Crippen LogP contribution is 2.52. The van der Waals surface area contributed by atoms with Crippen LogP contribution in [0, 0.1) is 11.8 Å². The van der Waals surface area contributed by atoms with Crippen LogP contribution in [-0.2, 0) is 10.3 Å². The molecular weight excluding hydrogens is 358 g/mol. The Bertz CT molecular complexity index is 948. The van der Waals surface area contributed by atoms with Crippen LogP contribution in [0.1, 0.15) is 31.2 Å². The molecule has 2 N–H and O–H groups in total. The van der Waals surface area contributed by atoms with Gasteiger partial charge in [0.25, 0.3) is 5.91 Å². The van der Waals surface area contributed by atoms with Gasteiger partial charge in [0.2, 0.25) is 0 Å². The molecule has 0 radical (unpaired) electrons. The van der Waals surface area contributed by atoms with Gasteiger partial charge in [-0.1, -0.05) is 41.9 Å². The number of hydrogen-bond donors (Lipinski definition) is 1. The van der Waals surface area contributed by atoms with Crippen molar-refractivity contribution in [1.82, 2.24) is 4.90 Å². The molecule has 138 valence electrons. The van der Waals surface area contributed by atoms with Crippen molar-refractivity contribution in [3.8, 4) is 11.1 Å². The van der Waals surface area contributed by atoms with Gasteiger partial charge in [-0.15, -0.1) is 0 Å². The fraction of sp³-hybridized carbons (Fsp3) is 0.364. The summed E-state index contributed by atoms with van der Waals surface area (Å²) in [5, 5.41) is 0.699. The summed E-state index contributed by atoms with van der Waals surface area (Å²) in [6, 6.07) is 15.9. The molecule has 27 heavy (non-hydrogen) atoms. The van der Waals surface area contributed by atoms with Crippen LogP contribution >= 0.6 is 11.6 Å². The van der Waals surface area contributed by atoms with Crippen LogP contribution in [0.15, 0.2) is 53.5 Å². The molecule has 5 rings (SSSR count). The SMILES string of the molecule is NC1=NC(c2cccc(-c3cccc(Cl)c3)c2)(C2CC2)C(=O)N1CC1CC1. The number of amides is 1. The van der Waals surface area contributed by atoms with E-state index in [4.69, 9.17) is 22.3 Å².